The number of benzene rings is 1. The van der Waals surface area contributed by atoms with Crippen LogP contribution in [0.4, 0.5) is 5.82 Å². The van der Waals surface area contributed by atoms with E-state index >= 15 is 0 Å². The van der Waals surface area contributed by atoms with Crippen molar-refractivity contribution >= 4 is 28.5 Å². The van der Waals surface area contributed by atoms with Crippen LogP contribution in [0.1, 0.15) is 26.2 Å². The van der Waals surface area contributed by atoms with E-state index < -0.39 is 0 Å². The first kappa shape index (κ1) is 19.2. The predicted octanol–water partition coefficient (Wildman–Crippen LogP) is 3.13. The van der Waals surface area contributed by atoms with E-state index in [0.29, 0.717) is 25.3 Å². The molecule has 0 spiro atoms. The molecule has 2 aromatic heterocycles. The van der Waals surface area contributed by atoms with Crippen molar-refractivity contribution in [2.75, 3.05) is 18.4 Å². The maximum absolute atomic E-state index is 12.9. The van der Waals surface area contributed by atoms with Gasteiger partial charge in [0.25, 0.3) is 0 Å². The van der Waals surface area contributed by atoms with Crippen LogP contribution in [-0.2, 0) is 22.7 Å². The highest BCUT2D eigenvalue weighted by molar-refractivity contribution is 5.90. The van der Waals surface area contributed by atoms with Crippen LogP contribution in [0.3, 0.4) is 0 Å². The molecule has 0 bridgehead atoms. The number of anilines is 1. The fourth-order valence-electron chi connectivity index (χ4n) is 4.04. The van der Waals surface area contributed by atoms with E-state index in [4.69, 9.17) is 0 Å². The fourth-order valence-corrected chi connectivity index (χ4v) is 4.04. The lowest BCUT2D eigenvalue weighted by molar-refractivity contribution is -0.134. The van der Waals surface area contributed by atoms with Gasteiger partial charge >= 0.3 is 0 Å². The van der Waals surface area contributed by atoms with Crippen molar-refractivity contribution in [3.05, 3.63) is 48.8 Å². The Hall–Kier alpha value is -3.09. The molecule has 3 heterocycles. The van der Waals surface area contributed by atoms with E-state index in [9.17, 15) is 9.59 Å². The second kappa shape index (κ2) is 8.51. The van der Waals surface area contributed by atoms with Gasteiger partial charge in [-0.3, -0.25) is 14.3 Å². The number of aryl methyl sites for hydroxylation is 1. The number of hydrogen-bond acceptors (Lipinski definition) is 3. The second-order valence-corrected chi connectivity index (χ2v) is 7.66. The molecule has 1 aromatic carbocycles. The summed E-state index contributed by atoms with van der Waals surface area (Å²) < 4.78 is 3.78. The van der Waals surface area contributed by atoms with Crippen molar-refractivity contribution < 1.29 is 9.59 Å². The summed E-state index contributed by atoms with van der Waals surface area (Å²) in [5.74, 6) is 0.836. The summed E-state index contributed by atoms with van der Waals surface area (Å²) in [6, 6.07) is 11.9. The molecule has 1 atom stereocenters. The number of nitrogens with one attached hydrogen (secondary N) is 1. The monoisotopic (exact) mass is 393 g/mol. The molecule has 3 aromatic rings. The van der Waals surface area contributed by atoms with E-state index in [-0.39, 0.29) is 17.7 Å². The highest BCUT2D eigenvalue weighted by Gasteiger charge is 2.25. The van der Waals surface area contributed by atoms with Crippen LogP contribution in [-0.4, -0.2) is 44.2 Å². The maximum atomic E-state index is 12.9. The number of piperidine rings is 1. The van der Waals surface area contributed by atoms with Crippen molar-refractivity contribution in [1.29, 1.82) is 0 Å². The number of fused-ring (bicyclic) bond motifs is 1. The Morgan fingerprint density at radius 2 is 2.03 bits per heavy atom. The standard InChI is InChI=1S/C22H27N5O2/c1-2-27-13-10-20(24-27)23-21(28)14-17-6-5-11-26(15-17)22(29)16-25-12-9-18-7-3-4-8-19(18)25/h3-4,7-10,12-13,17H,2,5-6,11,14-16H2,1H3,(H,23,24,28). The SMILES string of the molecule is CCn1ccc(NC(=O)CC2CCCN(C(=O)Cn3ccc4ccccc43)C2)n1. The first-order valence-corrected chi connectivity index (χ1v) is 10.3. The van der Waals surface area contributed by atoms with Crippen molar-refractivity contribution in [2.45, 2.75) is 39.3 Å². The lowest BCUT2D eigenvalue weighted by Crippen LogP contribution is -2.42. The molecule has 1 fully saturated rings. The van der Waals surface area contributed by atoms with Gasteiger partial charge in [0.05, 0.1) is 0 Å². The molecule has 1 aliphatic rings. The zero-order valence-electron chi connectivity index (χ0n) is 16.8. The number of hydrogen-bond donors (Lipinski definition) is 1. The molecular formula is C22H27N5O2. The van der Waals surface area contributed by atoms with E-state index in [2.05, 4.69) is 16.5 Å². The van der Waals surface area contributed by atoms with E-state index in [1.807, 2.05) is 53.0 Å². The van der Waals surface area contributed by atoms with Crippen LogP contribution >= 0.6 is 0 Å². The first-order chi connectivity index (χ1) is 14.1. The van der Waals surface area contributed by atoms with Gasteiger partial charge in [-0.15, -0.1) is 0 Å². The number of carbonyl (C=O) groups is 2. The minimum atomic E-state index is -0.0398. The Balaban J connectivity index is 1.32. The number of aromatic nitrogens is 3. The average Bonchev–Trinajstić information content (AvgIpc) is 3.35. The summed E-state index contributed by atoms with van der Waals surface area (Å²) in [5.41, 5.74) is 1.07. The number of nitrogens with zero attached hydrogens (tertiary/aromatic N) is 4. The summed E-state index contributed by atoms with van der Waals surface area (Å²) in [4.78, 5) is 27.2. The van der Waals surface area contributed by atoms with Crippen molar-refractivity contribution in [3.63, 3.8) is 0 Å². The molecule has 0 radical (unpaired) electrons. The third-order valence-electron chi connectivity index (χ3n) is 5.56. The summed E-state index contributed by atoms with van der Waals surface area (Å²) in [6.07, 6.45) is 6.12. The van der Waals surface area contributed by atoms with Crippen molar-refractivity contribution in [2.24, 2.45) is 5.92 Å². The highest BCUT2D eigenvalue weighted by Crippen LogP contribution is 2.22. The molecule has 152 valence electrons. The molecule has 7 nitrogen and oxygen atoms in total. The van der Waals surface area contributed by atoms with Gasteiger partial charge in [0.2, 0.25) is 11.8 Å². The largest absolute Gasteiger partial charge is 0.341 e. The van der Waals surface area contributed by atoms with E-state index in [1.165, 1.54) is 0 Å². The first-order valence-electron chi connectivity index (χ1n) is 10.3. The van der Waals surface area contributed by atoms with Gasteiger partial charge < -0.3 is 14.8 Å². The molecule has 4 rings (SSSR count). The zero-order chi connectivity index (χ0) is 20.2. The average molecular weight is 393 g/mol. The van der Waals surface area contributed by atoms with Gasteiger partial charge in [-0.1, -0.05) is 18.2 Å². The van der Waals surface area contributed by atoms with Crippen LogP contribution in [0, 0.1) is 5.92 Å². The van der Waals surface area contributed by atoms with Crippen LogP contribution in [0.5, 0.6) is 0 Å². The van der Waals surface area contributed by atoms with Crippen molar-refractivity contribution in [1.82, 2.24) is 19.2 Å². The number of likely N-dealkylation sites (tertiary alicyclic amines) is 1. The second-order valence-electron chi connectivity index (χ2n) is 7.66. The maximum Gasteiger partial charge on any atom is 0.242 e. The number of carbonyl (C=O) groups excluding carboxylic acids is 2. The Morgan fingerprint density at radius 3 is 2.86 bits per heavy atom. The normalized spacial score (nSPS) is 16.9. The minimum absolute atomic E-state index is 0.0398. The number of amides is 2. The molecule has 0 aliphatic carbocycles. The lowest BCUT2D eigenvalue weighted by atomic mass is 9.94. The predicted molar refractivity (Wildman–Crippen MR) is 112 cm³/mol. The molecule has 1 aliphatic heterocycles. The number of rotatable bonds is 6. The smallest absolute Gasteiger partial charge is 0.242 e. The van der Waals surface area contributed by atoms with Crippen molar-refractivity contribution in [3.8, 4) is 0 Å². The van der Waals surface area contributed by atoms with Crippen LogP contribution in [0.15, 0.2) is 48.8 Å². The third-order valence-corrected chi connectivity index (χ3v) is 5.56. The Bertz CT molecular complexity index is 1010. The molecule has 1 N–H and O–H groups in total. The fraction of sp³-hybridized carbons (Fsp3) is 0.409. The van der Waals surface area contributed by atoms with Gasteiger partial charge in [0.1, 0.15) is 6.54 Å². The molecule has 7 heteroatoms. The molecule has 2 amide bonds. The van der Waals surface area contributed by atoms with Gasteiger partial charge in [0, 0.05) is 50.0 Å². The van der Waals surface area contributed by atoms with Gasteiger partial charge in [0.15, 0.2) is 5.82 Å². The third kappa shape index (κ3) is 4.50. The molecular weight excluding hydrogens is 366 g/mol. The molecule has 29 heavy (non-hydrogen) atoms. The number of para-hydroxylation sites is 1. The molecule has 1 saturated heterocycles. The Kier molecular flexibility index (Phi) is 5.64. The zero-order valence-corrected chi connectivity index (χ0v) is 16.8. The summed E-state index contributed by atoms with van der Waals surface area (Å²) >= 11 is 0. The lowest BCUT2D eigenvalue weighted by Gasteiger charge is -2.32. The van der Waals surface area contributed by atoms with E-state index in [0.717, 1.165) is 36.8 Å². The van der Waals surface area contributed by atoms with Gasteiger partial charge in [-0.25, -0.2) is 0 Å². The Labute approximate surface area is 170 Å². The summed E-state index contributed by atoms with van der Waals surface area (Å²) in [7, 11) is 0. The topological polar surface area (TPSA) is 72.2 Å². The quantitative estimate of drug-likeness (QED) is 0.699. The molecule has 0 saturated carbocycles. The van der Waals surface area contributed by atoms with Gasteiger partial charge in [-0.05, 0) is 43.2 Å². The Morgan fingerprint density at radius 1 is 1.17 bits per heavy atom. The molecule has 1 unspecified atom stereocenters. The van der Waals surface area contributed by atoms with E-state index in [1.54, 1.807) is 10.7 Å². The van der Waals surface area contributed by atoms with Crippen LogP contribution in [0.25, 0.3) is 10.9 Å². The van der Waals surface area contributed by atoms with Crippen LogP contribution < -0.4 is 5.32 Å². The van der Waals surface area contributed by atoms with Gasteiger partial charge in [-0.2, -0.15) is 5.10 Å². The minimum Gasteiger partial charge on any atom is -0.341 e. The van der Waals surface area contributed by atoms with Crippen LogP contribution in [0.2, 0.25) is 0 Å². The summed E-state index contributed by atoms with van der Waals surface area (Å²) in [5, 5.41) is 8.29. The summed E-state index contributed by atoms with van der Waals surface area (Å²) in [6.45, 7) is 4.50. The highest BCUT2D eigenvalue weighted by atomic mass is 16.2.